The minimum Gasteiger partial charge on any atom is -0.360 e. The zero-order valence-corrected chi connectivity index (χ0v) is 12.4. The zero-order chi connectivity index (χ0) is 15.5. The van der Waals surface area contributed by atoms with Gasteiger partial charge in [-0.1, -0.05) is 6.92 Å². The molecule has 0 amide bonds. The van der Waals surface area contributed by atoms with Gasteiger partial charge in [0.25, 0.3) is 0 Å². The molecule has 1 atom stereocenters. The van der Waals surface area contributed by atoms with Crippen molar-refractivity contribution in [3.05, 3.63) is 16.3 Å². The van der Waals surface area contributed by atoms with Crippen molar-refractivity contribution < 1.29 is 13.3 Å². The number of hydrogen-bond donors (Lipinski definition) is 2. The average Bonchev–Trinajstić information content (AvgIpc) is 2.75. The highest BCUT2D eigenvalue weighted by Crippen LogP contribution is 2.25. The summed E-state index contributed by atoms with van der Waals surface area (Å²) in [5, 5.41) is 16.8. The third kappa shape index (κ3) is 4.00. The highest BCUT2D eigenvalue weighted by molar-refractivity contribution is 7.91. The summed E-state index contributed by atoms with van der Waals surface area (Å²) in [6.45, 7) is 2.62. The van der Waals surface area contributed by atoms with Crippen molar-refractivity contribution in [1.82, 2.24) is 9.97 Å². The fourth-order valence-corrected chi connectivity index (χ4v) is 3.71. The van der Waals surface area contributed by atoms with E-state index in [0.29, 0.717) is 13.0 Å². The third-order valence-electron chi connectivity index (χ3n) is 3.07. The average molecular weight is 315 g/mol. The molecule has 1 aromatic rings. The molecule has 116 valence electrons. The topological polar surface area (TPSA) is 127 Å². The van der Waals surface area contributed by atoms with Gasteiger partial charge in [-0.2, -0.15) is 4.98 Å². The molecule has 10 heteroatoms. The van der Waals surface area contributed by atoms with Crippen molar-refractivity contribution in [1.29, 1.82) is 0 Å². The van der Waals surface area contributed by atoms with Crippen molar-refractivity contribution in [2.75, 3.05) is 28.7 Å². The molecule has 1 unspecified atom stereocenters. The van der Waals surface area contributed by atoms with Gasteiger partial charge in [-0.05, 0) is 12.8 Å². The summed E-state index contributed by atoms with van der Waals surface area (Å²) in [6, 6.07) is -0.359. The molecule has 0 spiro atoms. The summed E-state index contributed by atoms with van der Waals surface area (Å²) >= 11 is 0. The monoisotopic (exact) mass is 315 g/mol. The van der Waals surface area contributed by atoms with E-state index in [1.54, 1.807) is 0 Å². The van der Waals surface area contributed by atoms with E-state index in [4.69, 9.17) is 0 Å². The molecule has 0 saturated carbocycles. The fourth-order valence-electron chi connectivity index (χ4n) is 2.04. The van der Waals surface area contributed by atoms with Crippen LogP contribution in [0.25, 0.3) is 0 Å². The van der Waals surface area contributed by atoms with Crippen LogP contribution in [0, 0.1) is 10.1 Å². The summed E-state index contributed by atoms with van der Waals surface area (Å²) in [4.78, 5) is 18.4. The molecule has 2 N–H and O–H groups in total. The third-order valence-corrected chi connectivity index (χ3v) is 4.84. The SMILES string of the molecule is CCCNc1ncc([N+](=O)[O-])c(NC2CCS(=O)(=O)C2)n1. The van der Waals surface area contributed by atoms with Crippen LogP contribution in [0.2, 0.25) is 0 Å². The van der Waals surface area contributed by atoms with Gasteiger partial charge in [0.2, 0.25) is 11.8 Å². The Balaban J connectivity index is 2.20. The van der Waals surface area contributed by atoms with Gasteiger partial charge in [0.05, 0.1) is 16.4 Å². The summed E-state index contributed by atoms with van der Waals surface area (Å²) in [5.41, 5.74) is -0.263. The standard InChI is InChI=1S/C11H17N5O4S/c1-2-4-12-11-13-6-9(16(17)18)10(15-11)14-8-3-5-21(19,20)7-8/h6,8H,2-5,7H2,1H3,(H2,12,13,14,15). The molecule has 0 aromatic carbocycles. The maximum atomic E-state index is 11.4. The van der Waals surface area contributed by atoms with E-state index < -0.39 is 14.8 Å². The number of hydrogen-bond acceptors (Lipinski definition) is 8. The fraction of sp³-hybridized carbons (Fsp3) is 0.636. The van der Waals surface area contributed by atoms with Crippen LogP contribution in [0.1, 0.15) is 19.8 Å². The Hall–Kier alpha value is -1.97. The second-order valence-corrected chi connectivity index (χ2v) is 7.08. The highest BCUT2D eigenvalue weighted by atomic mass is 32.2. The molecule has 2 heterocycles. The lowest BCUT2D eigenvalue weighted by atomic mass is 10.2. The lowest BCUT2D eigenvalue weighted by Crippen LogP contribution is -2.22. The number of rotatable bonds is 6. The molecule has 1 aliphatic rings. The number of aromatic nitrogens is 2. The minimum absolute atomic E-state index is 0.0358. The van der Waals surface area contributed by atoms with Crippen molar-refractivity contribution in [3.8, 4) is 0 Å². The first-order valence-electron chi connectivity index (χ1n) is 6.63. The summed E-state index contributed by atoms with van der Waals surface area (Å²) < 4.78 is 22.9. The van der Waals surface area contributed by atoms with Crippen LogP contribution < -0.4 is 10.6 Å². The molecule has 1 aliphatic heterocycles. The Kier molecular flexibility index (Phi) is 4.56. The molecule has 2 rings (SSSR count). The second-order valence-electron chi connectivity index (χ2n) is 4.86. The smallest absolute Gasteiger partial charge is 0.329 e. The van der Waals surface area contributed by atoms with E-state index in [1.165, 1.54) is 0 Å². The number of nitro groups is 1. The van der Waals surface area contributed by atoms with Crippen LogP contribution in [0.4, 0.5) is 17.5 Å². The predicted molar refractivity (Wildman–Crippen MR) is 78.1 cm³/mol. The molecular formula is C11H17N5O4S. The lowest BCUT2D eigenvalue weighted by molar-refractivity contribution is -0.384. The van der Waals surface area contributed by atoms with E-state index in [0.717, 1.165) is 12.6 Å². The van der Waals surface area contributed by atoms with Crippen LogP contribution in [0.15, 0.2) is 6.20 Å². The van der Waals surface area contributed by atoms with Crippen LogP contribution in [0.5, 0.6) is 0 Å². The van der Waals surface area contributed by atoms with Gasteiger partial charge in [-0.3, -0.25) is 10.1 Å². The Morgan fingerprint density at radius 1 is 1.52 bits per heavy atom. The van der Waals surface area contributed by atoms with Crippen LogP contribution in [-0.2, 0) is 9.84 Å². The molecule has 9 nitrogen and oxygen atoms in total. The Labute approximate surface area is 122 Å². The molecule has 0 radical (unpaired) electrons. The summed E-state index contributed by atoms with van der Waals surface area (Å²) in [6.07, 6.45) is 2.40. The Morgan fingerprint density at radius 2 is 2.29 bits per heavy atom. The maximum absolute atomic E-state index is 11.4. The van der Waals surface area contributed by atoms with E-state index in [-0.39, 0.29) is 35.0 Å². The van der Waals surface area contributed by atoms with Crippen LogP contribution >= 0.6 is 0 Å². The van der Waals surface area contributed by atoms with Crippen molar-refractivity contribution in [3.63, 3.8) is 0 Å². The molecule has 1 saturated heterocycles. The molecule has 0 aliphatic carbocycles. The lowest BCUT2D eigenvalue weighted by Gasteiger charge is -2.12. The minimum atomic E-state index is -3.06. The summed E-state index contributed by atoms with van der Waals surface area (Å²) in [7, 11) is -3.06. The first kappa shape index (κ1) is 15.4. The van der Waals surface area contributed by atoms with Crippen LogP contribution in [0.3, 0.4) is 0 Å². The van der Waals surface area contributed by atoms with Gasteiger partial charge in [-0.25, -0.2) is 13.4 Å². The highest BCUT2D eigenvalue weighted by Gasteiger charge is 2.30. The van der Waals surface area contributed by atoms with Crippen molar-refractivity contribution in [2.45, 2.75) is 25.8 Å². The molecule has 1 aromatic heterocycles. The quantitative estimate of drug-likeness (QED) is 0.583. The molecular weight excluding hydrogens is 298 g/mol. The van der Waals surface area contributed by atoms with E-state index in [1.807, 2.05) is 6.92 Å². The second kappa shape index (κ2) is 6.20. The molecule has 21 heavy (non-hydrogen) atoms. The Bertz CT molecular complexity index is 634. The van der Waals surface area contributed by atoms with Gasteiger partial charge >= 0.3 is 5.69 Å². The number of sulfone groups is 1. The van der Waals surface area contributed by atoms with E-state index >= 15 is 0 Å². The first-order chi connectivity index (χ1) is 9.91. The number of nitrogens with zero attached hydrogens (tertiary/aromatic N) is 3. The van der Waals surface area contributed by atoms with Gasteiger partial charge < -0.3 is 10.6 Å². The van der Waals surface area contributed by atoms with Crippen LogP contribution in [-0.4, -0.2) is 47.4 Å². The number of nitrogens with one attached hydrogen (secondary N) is 2. The Morgan fingerprint density at radius 3 is 2.86 bits per heavy atom. The van der Waals surface area contributed by atoms with Gasteiger partial charge in [0.15, 0.2) is 9.84 Å². The van der Waals surface area contributed by atoms with E-state index in [2.05, 4.69) is 20.6 Å². The van der Waals surface area contributed by atoms with Gasteiger partial charge in [0.1, 0.15) is 6.20 Å². The summed E-state index contributed by atoms with van der Waals surface area (Å²) in [5.74, 6) is 0.387. The maximum Gasteiger partial charge on any atom is 0.329 e. The van der Waals surface area contributed by atoms with Gasteiger partial charge in [-0.15, -0.1) is 0 Å². The van der Waals surface area contributed by atoms with E-state index in [9.17, 15) is 18.5 Å². The predicted octanol–water partition coefficient (Wildman–Crippen LogP) is 0.806. The molecule has 1 fully saturated rings. The zero-order valence-electron chi connectivity index (χ0n) is 11.6. The van der Waals surface area contributed by atoms with Crippen molar-refractivity contribution >= 4 is 27.3 Å². The largest absolute Gasteiger partial charge is 0.360 e. The normalized spacial score (nSPS) is 20.1. The molecule has 0 bridgehead atoms. The first-order valence-corrected chi connectivity index (χ1v) is 8.45. The van der Waals surface area contributed by atoms with Crippen molar-refractivity contribution in [2.24, 2.45) is 0 Å². The van der Waals surface area contributed by atoms with Gasteiger partial charge in [0, 0.05) is 12.6 Å². The number of anilines is 2.